The third-order valence-corrected chi connectivity index (χ3v) is 2.73. The van der Waals surface area contributed by atoms with Gasteiger partial charge in [-0.15, -0.1) is 24.8 Å². The minimum atomic E-state index is 0. The van der Waals surface area contributed by atoms with Crippen LogP contribution in [0.1, 0.15) is 12.5 Å². The van der Waals surface area contributed by atoms with E-state index in [-0.39, 0.29) is 24.8 Å². The highest BCUT2D eigenvalue weighted by atomic mass is 35.5. The molecule has 0 spiro atoms. The molecule has 0 heterocycles. The van der Waals surface area contributed by atoms with E-state index in [1.165, 1.54) is 5.56 Å². The normalized spacial score (nSPS) is 9.65. The second-order valence-electron chi connectivity index (χ2n) is 3.60. The number of halogens is 3. The lowest BCUT2D eigenvalue weighted by molar-refractivity contribution is 0.300. The fourth-order valence-electron chi connectivity index (χ4n) is 1.59. The summed E-state index contributed by atoms with van der Waals surface area (Å²) in [4.78, 5) is 2.35. The Kier molecular flexibility index (Phi) is 12.7. The largest absolute Gasteiger partial charge is 0.329 e. The van der Waals surface area contributed by atoms with Crippen LogP contribution in [0.2, 0.25) is 5.02 Å². The summed E-state index contributed by atoms with van der Waals surface area (Å²) in [5, 5.41) is 0.814. The molecule has 0 unspecified atom stereocenters. The summed E-state index contributed by atoms with van der Waals surface area (Å²) >= 11 is 5.92. The van der Waals surface area contributed by atoms with Crippen molar-refractivity contribution >= 4 is 36.4 Å². The highest BCUT2D eigenvalue weighted by Crippen LogP contribution is 2.11. The first kappa shape index (κ1) is 19.4. The van der Waals surface area contributed by atoms with Crippen LogP contribution in [0.15, 0.2) is 24.3 Å². The molecular formula is C12H21Cl3N2. The van der Waals surface area contributed by atoms with Crippen molar-refractivity contribution in [3.8, 4) is 0 Å². The minimum absolute atomic E-state index is 0. The summed E-state index contributed by atoms with van der Waals surface area (Å²) in [6, 6.07) is 8.04. The predicted octanol–water partition coefficient (Wildman–Crippen LogP) is 3.01. The van der Waals surface area contributed by atoms with Crippen LogP contribution in [0.4, 0.5) is 0 Å². The fourth-order valence-corrected chi connectivity index (χ4v) is 1.80. The maximum absolute atomic E-state index is 5.92. The lowest BCUT2D eigenvalue weighted by Gasteiger charge is -2.19. The number of rotatable bonds is 6. The second kappa shape index (κ2) is 11.1. The molecule has 1 aromatic rings. The van der Waals surface area contributed by atoms with Gasteiger partial charge in [0.15, 0.2) is 0 Å². The Bertz CT molecular complexity index is 295. The van der Waals surface area contributed by atoms with Crippen molar-refractivity contribution in [2.75, 3.05) is 26.2 Å². The van der Waals surface area contributed by atoms with Crippen molar-refractivity contribution < 1.29 is 0 Å². The highest BCUT2D eigenvalue weighted by Gasteiger charge is 2.01. The lowest BCUT2D eigenvalue weighted by Crippen LogP contribution is -2.31. The molecule has 2 N–H and O–H groups in total. The molecule has 2 nitrogen and oxygen atoms in total. The van der Waals surface area contributed by atoms with Crippen LogP contribution in [0.5, 0.6) is 0 Å². The van der Waals surface area contributed by atoms with Gasteiger partial charge in [-0.05, 0) is 30.7 Å². The summed E-state index contributed by atoms with van der Waals surface area (Å²) in [5.41, 5.74) is 6.83. The summed E-state index contributed by atoms with van der Waals surface area (Å²) in [6.45, 7) is 5.96. The van der Waals surface area contributed by atoms with Crippen LogP contribution in [0.3, 0.4) is 0 Å². The standard InChI is InChI=1S/C12H19ClN2.2ClH/c1-2-15(9-7-14)8-6-11-4-3-5-12(13)10-11;;/h3-5,10H,2,6-9,14H2,1H3;2*1H. The Morgan fingerprint density at radius 3 is 2.47 bits per heavy atom. The summed E-state index contributed by atoms with van der Waals surface area (Å²) < 4.78 is 0. The monoisotopic (exact) mass is 298 g/mol. The van der Waals surface area contributed by atoms with Crippen molar-refractivity contribution in [3.63, 3.8) is 0 Å². The van der Waals surface area contributed by atoms with Gasteiger partial charge in [-0.25, -0.2) is 0 Å². The molecule has 100 valence electrons. The lowest BCUT2D eigenvalue weighted by atomic mass is 10.1. The molecule has 0 fully saturated rings. The number of nitrogens with two attached hydrogens (primary N) is 1. The first-order chi connectivity index (χ1) is 7.26. The highest BCUT2D eigenvalue weighted by molar-refractivity contribution is 6.30. The predicted molar refractivity (Wildman–Crippen MR) is 80.8 cm³/mol. The first-order valence-corrected chi connectivity index (χ1v) is 5.81. The average molecular weight is 300 g/mol. The van der Waals surface area contributed by atoms with Crippen LogP contribution in [-0.4, -0.2) is 31.1 Å². The topological polar surface area (TPSA) is 29.3 Å². The fraction of sp³-hybridized carbons (Fsp3) is 0.500. The molecule has 0 radical (unpaired) electrons. The van der Waals surface area contributed by atoms with Gasteiger partial charge in [-0.2, -0.15) is 0 Å². The third-order valence-electron chi connectivity index (χ3n) is 2.50. The van der Waals surface area contributed by atoms with E-state index < -0.39 is 0 Å². The van der Waals surface area contributed by atoms with Crippen LogP contribution >= 0.6 is 36.4 Å². The first-order valence-electron chi connectivity index (χ1n) is 5.43. The van der Waals surface area contributed by atoms with Crippen LogP contribution in [0.25, 0.3) is 0 Å². The molecule has 0 aromatic heterocycles. The zero-order valence-corrected chi connectivity index (χ0v) is 12.5. The molecule has 0 aliphatic carbocycles. The molecule has 1 rings (SSSR count). The minimum Gasteiger partial charge on any atom is -0.329 e. The van der Waals surface area contributed by atoms with Crippen molar-refractivity contribution in [2.24, 2.45) is 5.73 Å². The van der Waals surface area contributed by atoms with Gasteiger partial charge in [-0.3, -0.25) is 0 Å². The molecule has 0 saturated heterocycles. The van der Waals surface area contributed by atoms with Gasteiger partial charge in [0.2, 0.25) is 0 Å². The molecule has 0 aliphatic heterocycles. The third kappa shape index (κ3) is 7.85. The number of hydrogen-bond donors (Lipinski definition) is 1. The van der Waals surface area contributed by atoms with E-state index in [4.69, 9.17) is 17.3 Å². The van der Waals surface area contributed by atoms with Crippen molar-refractivity contribution in [1.82, 2.24) is 4.90 Å². The van der Waals surface area contributed by atoms with Gasteiger partial charge in [0.1, 0.15) is 0 Å². The van der Waals surface area contributed by atoms with Gasteiger partial charge in [0.05, 0.1) is 0 Å². The number of benzene rings is 1. The number of hydrogen-bond acceptors (Lipinski definition) is 2. The van der Waals surface area contributed by atoms with E-state index >= 15 is 0 Å². The van der Waals surface area contributed by atoms with Gasteiger partial charge in [-0.1, -0.05) is 30.7 Å². The van der Waals surface area contributed by atoms with Crippen molar-refractivity contribution in [2.45, 2.75) is 13.3 Å². The molecular weight excluding hydrogens is 279 g/mol. The average Bonchev–Trinajstić information content (AvgIpc) is 2.24. The smallest absolute Gasteiger partial charge is 0.0408 e. The Balaban J connectivity index is 0. The maximum Gasteiger partial charge on any atom is 0.0408 e. The van der Waals surface area contributed by atoms with E-state index in [1.807, 2.05) is 18.2 Å². The Morgan fingerprint density at radius 1 is 1.24 bits per heavy atom. The molecule has 0 saturated carbocycles. The zero-order valence-electron chi connectivity index (χ0n) is 10.1. The van der Waals surface area contributed by atoms with Crippen LogP contribution in [0, 0.1) is 0 Å². The van der Waals surface area contributed by atoms with Gasteiger partial charge in [0, 0.05) is 24.7 Å². The summed E-state index contributed by atoms with van der Waals surface area (Å²) in [7, 11) is 0. The van der Waals surface area contributed by atoms with E-state index in [0.717, 1.165) is 37.6 Å². The second-order valence-corrected chi connectivity index (χ2v) is 4.04. The number of likely N-dealkylation sites (N-methyl/N-ethyl adjacent to an activating group) is 1. The van der Waals surface area contributed by atoms with Gasteiger partial charge >= 0.3 is 0 Å². The Morgan fingerprint density at radius 2 is 1.94 bits per heavy atom. The van der Waals surface area contributed by atoms with Crippen molar-refractivity contribution in [1.29, 1.82) is 0 Å². The van der Waals surface area contributed by atoms with Crippen LogP contribution < -0.4 is 5.73 Å². The molecule has 0 amide bonds. The molecule has 0 aliphatic rings. The van der Waals surface area contributed by atoms with Gasteiger partial charge in [0.25, 0.3) is 0 Å². The van der Waals surface area contributed by atoms with E-state index in [9.17, 15) is 0 Å². The number of nitrogens with zero attached hydrogens (tertiary/aromatic N) is 1. The van der Waals surface area contributed by atoms with Crippen LogP contribution in [-0.2, 0) is 6.42 Å². The molecule has 0 bridgehead atoms. The molecule has 1 aromatic carbocycles. The van der Waals surface area contributed by atoms with E-state index in [1.54, 1.807) is 0 Å². The van der Waals surface area contributed by atoms with E-state index in [2.05, 4.69) is 17.9 Å². The maximum atomic E-state index is 5.92. The summed E-state index contributed by atoms with van der Waals surface area (Å²) in [5.74, 6) is 0. The molecule has 5 heteroatoms. The Labute approximate surface area is 121 Å². The SMILES string of the molecule is CCN(CCN)CCc1cccc(Cl)c1.Cl.Cl. The zero-order chi connectivity index (χ0) is 11.1. The Hall–Kier alpha value is 0.01000. The quantitative estimate of drug-likeness (QED) is 0.875. The molecule has 0 atom stereocenters. The van der Waals surface area contributed by atoms with Gasteiger partial charge < -0.3 is 10.6 Å². The summed E-state index contributed by atoms with van der Waals surface area (Å²) in [6.07, 6.45) is 1.04. The van der Waals surface area contributed by atoms with Crippen molar-refractivity contribution in [3.05, 3.63) is 34.9 Å². The molecule has 17 heavy (non-hydrogen) atoms. The van der Waals surface area contributed by atoms with E-state index in [0.29, 0.717) is 0 Å².